The van der Waals surface area contributed by atoms with Crippen molar-refractivity contribution < 1.29 is 8.42 Å². The zero-order valence-electron chi connectivity index (χ0n) is 12.2. The van der Waals surface area contributed by atoms with Crippen molar-refractivity contribution in [3.8, 4) is 0 Å². The quantitative estimate of drug-likeness (QED) is 0.894. The summed E-state index contributed by atoms with van der Waals surface area (Å²) in [6.45, 7) is 3.38. The van der Waals surface area contributed by atoms with Gasteiger partial charge in [0.2, 0.25) is 10.0 Å². The first kappa shape index (κ1) is 15.1. The van der Waals surface area contributed by atoms with Crippen LogP contribution in [-0.2, 0) is 10.0 Å². The van der Waals surface area contributed by atoms with Crippen LogP contribution in [0.4, 0.5) is 11.4 Å². The molecule has 20 heavy (non-hydrogen) atoms. The highest BCUT2D eigenvalue weighted by Crippen LogP contribution is 2.30. The predicted molar refractivity (Wildman–Crippen MR) is 81.2 cm³/mol. The van der Waals surface area contributed by atoms with Gasteiger partial charge >= 0.3 is 0 Å². The van der Waals surface area contributed by atoms with Gasteiger partial charge in [-0.25, -0.2) is 12.7 Å². The van der Waals surface area contributed by atoms with Crippen LogP contribution in [0.2, 0.25) is 0 Å². The number of nitrogen functional groups attached to an aromatic ring is 1. The van der Waals surface area contributed by atoms with E-state index < -0.39 is 10.0 Å². The second-order valence-electron chi connectivity index (χ2n) is 5.41. The largest absolute Gasteiger partial charge is 0.396 e. The number of aromatic nitrogens is 1. The molecule has 112 valence electrons. The molecule has 0 atom stereocenters. The summed E-state index contributed by atoms with van der Waals surface area (Å²) < 4.78 is 25.6. The zero-order valence-corrected chi connectivity index (χ0v) is 13.0. The number of anilines is 2. The molecule has 1 aliphatic rings. The first-order valence-corrected chi connectivity index (χ1v) is 8.20. The number of hydrogen-bond donors (Lipinski definition) is 1. The van der Waals surface area contributed by atoms with Crippen LogP contribution in [0.3, 0.4) is 0 Å². The number of nitrogens with two attached hydrogens (primary N) is 1. The molecule has 2 rings (SSSR count). The minimum atomic E-state index is -3.16. The van der Waals surface area contributed by atoms with Gasteiger partial charge in [0.25, 0.3) is 0 Å². The van der Waals surface area contributed by atoms with Crippen LogP contribution < -0.4 is 10.6 Å². The second kappa shape index (κ2) is 5.57. The van der Waals surface area contributed by atoms with Crippen molar-refractivity contribution in [2.24, 2.45) is 0 Å². The minimum Gasteiger partial charge on any atom is -0.396 e. The summed E-state index contributed by atoms with van der Waals surface area (Å²) in [6, 6.07) is 0. The topological polar surface area (TPSA) is 79.5 Å². The molecule has 0 unspecified atom stereocenters. The number of sulfonamides is 1. The molecular weight excluding hydrogens is 276 g/mol. The van der Waals surface area contributed by atoms with E-state index >= 15 is 0 Å². The molecule has 1 aromatic rings. The molecule has 0 bridgehead atoms. The molecule has 2 heterocycles. The average molecular weight is 298 g/mol. The molecule has 7 heteroatoms. The highest BCUT2D eigenvalue weighted by atomic mass is 32.2. The highest BCUT2D eigenvalue weighted by molar-refractivity contribution is 7.89. The van der Waals surface area contributed by atoms with Gasteiger partial charge in [-0.3, -0.25) is 4.98 Å². The lowest BCUT2D eigenvalue weighted by Gasteiger charge is -2.35. The maximum absolute atomic E-state index is 12.1. The lowest BCUT2D eigenvalue weighted by atomic mass is 10.1. The van der Waals surface area contributed by atoms with Crippen molar-refractivity contribution in [3.63, 3.8) is 0 Å². The third-order valence-electron chi connectivity index (χ3n) is 3.82. The molecule has 0 radical (unpaired) electrons. The molecule has 1 saturated heterocycles. The molecule has 0 spiro atoms. The summed E-state index contributed by atoms with van der Waals surface area (Å²) in [4.78, 5) is 6.22. The molecule has 6 nitrogen and oxygen atoms in total. The standard InChI is InChI=1S/C13H22N4O2S/c1-10-8-15-9-12(14)13(10)17-6-4-11(5-7-17)20(18,19)16(2)3/h8-9,11H,4-7,14H2,1-3H3. The van der Waals surface area contributed by atoms with Gasteiger partial charge in [0.15, 0.2) is 0 Å². The highest BCUT2D eigenvalue weighted by Gasteiger charge is 2.32. The molecule has 1 aliphatic heterocycles. The van der Waals surface area contributed by atoms with Crippen LogP contribution in [0.1, 0.15) is 18.4 Å². The van der Waals surface area contributed by atoms with Crippen LogP contribution in [0, 0.1) is 6.92 Å². The Kier molecular flexibility index (Phi) is 4.19. The molecule has 0 aromatic carbocycles. The minimum absolute atomic E-state index is 0.294. The number of pyridine rings is 1. The fourth-order valence-corrected chi connectivity index (χ4v) is 4.09. The van der Waals surface area contributed by atoms with Gasteiger partial charge in [0, 0.05) is 33.4 Å². The van der Waals surface area contributed by atoms with Crippen LogP contribution in [0.15, 0.2) is 12.4 Å². The van der Waals surface area contributed by atoms with Gasteiger partial charge in [0.05, 0.1) is 22.8 Å². The number of aryl methyl sites for hydroxylation is 1. The number of rotatable bonds is 3. The molecule has 0 aliphatic carbocycles. The third kappa shape index (κ3) is 2.73. The Labute approximate surface area is 120 Å². The van der Waals surface area contributed by atoms with Gasteiger partial charge in [0.1, 0.15) is 0 Å². The van der Waals surface area contributed by atoms with Crippen LogP contribution >= 0.6 is 0 Å². The van der Waals surface area contributed by atoms with Crippen molar-refractivity contribution in [3.05, 3.63) is 18.0 Å². The smallest absolute Gasteiger partial charge is 0.216 e. The maximum atomic E-state index is 12.1. The summed E-state index contributed by atoms with van der Waals surface area (Å²) in [6.07, 6.45) is 4.68. The molecule has 0 amide bonds. The lowest BCUT2D eigenvalue weighted by molar-refractivity contribution is 0.476. The summed E-state index contributed by atoms with van der Waals surface area (Å²) in [7, 11) is 0.0172. The summed E-state index contributed by atoms with van der Waals surface area (Å²) in [5, 5.41) is -0.294. The fraction of sp³-hybridized carbons (Fsp3) is 0.615. The van der Waals surface area contributed by atoms with Crippen molar-refractivity contribution >= 4 is 21.4 Å². The summed E-state index contributed by atoms with van der Waals surface area (Å²) >= 11 is 0. The normalized spacial score (nSPS) is 17.7. The average Bonchev–Trinajstić information content (AvgIpc) is 2.39. The van der Waals surface area contributed by atoms with E-state index in [1.807, 2.05) is 6.92 Å². The zero-order chi connectivity index (χ0) is 14.9. The summed E-state index contributed by atoms with van der Waals surface area (Å²) in [5.74, 6) is 0. The van der Waals surface area contributed by atoms with Crippen molar-refractivity contribution in [2.75, 3.05) is 37.8 Å². The van der Waals surface area contributed by atoms with E-state index in [1.165, 1.54) is 4.31 Å². The monoisotopic (exact) mass is 298 g/mol. The van der Waals surface area contributed by atoms with E-state index in [1.54, 1.807) is 26.5 Å². The first-order valence-electron chi connectivity index (χ1n) is 6.70. The Hall–Kier alpha value is -1.34. The van der Waals surface area contributed by atoms with Gasteiger partial charge in [-0.1, -0.05) is 0 Å². The van der Waals surface area contributed by atoms with E-state index in [2.05, 4.69) is 9.88 Å². The second-order valence-corrected chi connectivity index (χ2v) is 7.83. The third-order valence-corrected chi connectivity index (χ3v) is 6.15. The maximum Gasteiger partial charge on any atom is 0.216 e. The molecule has 0 saturated carbocycles. The van der Waals surface area contributed by atoms with Crippen molar-refractivity contribution in [1.29, 1.82) is 0 Å². The summed E-state index contributed by atoms with van der Waals surface area (Å²) in [5.41, 5.74) is 8.66. The van der Waals surface area contributed by atoms with E-state index in [-0.39, 0.29) is 5.25 Å². The fourth-order valence-electron chi connectivity index (χ4n) is 2.69. The van der Waals surface area contributed by atoms with E-state index in [0.717, 1.165) is 11.3 Å². The Bertz CT molecular complexity index is 558. The van der Waals surface area contributed by atoms with E-state index in [0.29, 0.717) is 31.6 Å². The molecule has 2 N–H and O–H groups in total. The van der Waals surface area contributed by atoms with Gasteiger partial charge in [-0.15, -0.1) is 0 Å². The van der Waals surface area contributed by atoms with Crippen LogP contribution in [-0.4, -0.2) is 50.1 Å². The van der Waals surface area contributed by atoms with Crippen molar-refractivity contribution in [1.82, 2.24) is 9.29 Å². The van der Waals surface area contributed by atoms with Gasteiger partial charge < -0.3 is 10.6 Å². The SMILES string of the molecule is Cc1cncc(N)c1N1CCC(S(=O)(=O)N(C)C)CC1. The Morgan fingerprint density at radius 2 is 1.90 bits per heavy atom. The van der Waals surface area contributed by atoms with Gasteiger partial charge in [-0.05, 0) is 25.3 Å². The van der Waals surface area contributed by atoms with Crippen LogP contribution in [0.25, 0.3) is 0 Å². The van der Waals surface area contributed by atoms with E-state index in [9.17, 15) is 8.42 Å². The Morgan fingerprint density at radius 3 is 2.40 bits per heavy atom. The number of hydrogen-bond acceptors (Lipinski definition) is 5. The van der Waals surface area contributed by atoms with E-state index in [4.69, 9.17) is 5.73 Å². The first-order chi connectivity index (χ1) is 9.34. The Morgan fingerprint density at radius 1 is 1.30 bits per heavy atom. The number of nitrogens with zero attached hydrogens (tertiary/aromatic N) is 3. The lowest BCUT2D eigenvalue weighted by Crippen LogP contribution is -2.43. The number of piperidine rings is 1. The predicted octanol–water partition coefficient (Wildman–Crippen LogP) is 0.832. The Balaban J connectivity index is 2.13. The molecule has 1 aromatic heterocycles. The van der Waals surface area contributed by atoms with Crippen molar-refractivity contribution in [2.45, 2.75) is 25.0 Å². The molecular formula is C13H22N4O2S. The van der Waals surface area contributed by atoms with Crippen LogP contribution in [0.5, 0.6) is 0 Å². The molecule has 1 fully saturated rings. The van der Waals surface area contributed by atoms with Gasteiger partial charge in [-0.2, -0.15) is 0 Å².